The molecule has 2 aromatic heterocycles. The van der Waals surface area contributed by atoms with Crippen LogP contribution in [0.2, 0.25) is 0 Å². The van der Waals surface area contributed by atoms with Gasteiger partial charge in [0.1, 0.15) is 24.0 Å². The van der Waals surface area contributed by atoms with Gasteiger partial charge in [0.2, 0.25) is 0 Å². The fourth-order valence-corrected chi connectivity index (χ4v) is 2.10. The number of nitrogens with zero attached hydrogens (tertiary/aromatic N) is 1. The maximum Gasteiger partial charge on any atom is 0.292 e. The normalized spacial score (nSPS) is 10.5. The van der Waals surface area contributed by atoms with Gasteiger partial charge in [-0.15, -0.1) is 0 Å². The molecule has 128 valence electrons. The van der Waals surface area contributed by atoms with Gasteiger partial charge in [-0.3, -0.25) is 4.79 Å². The molecule has 3 rings (SSSR count). The molecule has 0 radical (unpaired) electrons. The first kappa shape index (κ1) is 16.6. The Morgan fingerprint density at radius 1 is 1.20 bits per heavy atom. The quantitative estimate of drug-likeness (QED) is 0.757. The summed E-state index contributed by atoms with van der Waals surface area (Å²) in [6.45, 7) is 1.78. The predicted octanol–water partition coefficient (Wildman–Crippen LogP) is 4.09. The van der Waals surface area contributed by atoms with E-state index in [2.05, 4.69) is 10.3 Å². The minimum Gasteiger partial charge on any atom is -0.483 e. The Balaban J connectivity index is 1.62. The summed E-state index contributed by atoms with van der Waals surface area (Å²) < 4.78 is 36.9. The highest BCUT2D eigenvalue weighted by Crippen LogP contribution is 2.20. The molecule has 1 amide bonds. The Morgan fingerprint density at radius 2 is 2.04 bits per heavy atom. The van der Waals surface area contributed by atoms with Gasteiger partial charge in [-0.05, 0) is 48.9 Å². The van der Waals surface area contributed by atoms with Gasteiger partial charge in [-0.25, -0.2) is 13.8 Å². The number of hydrogen-bond acceptors (Lipinski definition) is 4. The lowest BCUT2D eigenvalue weighted by atomic mass is 10.3. The summed E-state index contributed by atoms with van der Waals surface area (Å²) in [4.78, 5) is 16.2. The zero-order chi connectivity index (χ0) is 17.8. The summed E-state index contributed by atoms with van der Waals surface area (Å²) in [5.41, 5.74) is 0.958. The highest BCUT2D eigenvalue weighted by atomic mass is 19.1. The molecule has 1 aromatic carbocycles. The van der Waals surface area contributed by atoms with Crippen LogP contribution in [0, 0.1) is 18.6 Å². The first-order chi connectivity index (χ1) is 12.0. The van der Waals surface area contributed by atoms with Crippen molar-refractivity contribution in [2.75, 3.05) is 5.32 Å². The SMILES string of the molecule is Cc1ccnc(NC(=O)c2ccc(COc3ccc(F)cc3F)o2)c1. The van der Waals surface area contributed by atoms with Gasteiger partial charge in [0.15, 0.2) is 17.3 Å². The smallest absolute Gasteiger partial charge is 0.292 e. The third-order valence-corrected chi connectivity index (χ3v) is 3.31. The molecular formula is C18H14F2N2O3. The third-order valence-electron chi connectivity index (χ3n) is 3.31. The second-order valence-corrected chi connectivity index (χ2v) is 5.30. The molecule has 2 heterocycles. The summed E-state index contributed by atoms with van der Waals surface area (Å²) in [7, 11) is 0. The minimum atomic E-state index is -0.810. The van der Waals surface area contributed by atoms with Crippen LogP contribution in [-0.2, 0) is 6.61 Å². The lowest BCUT2D eigenvalue weighted by Gasteiger charge is -2.05. The van der Waals surface area contributed by atoms with Gasteiger partial charge in [0.25, 0.3) is 5.91 Å². The lowest BCUT2D eigenvalue weighted by molar-refractivity contribution is 0.0992. The van der Waals surface area contributed by atoms with Crippen molar-refractivity contribution in [3.63, 3.8) is 0 Å². The fraction of sp³-hybridized carbons (Fsp3) is 0.111. The average Bonchev–Trinajstić information content (AvgIpc) is 3.03. The number of pyridine rings is 1. The number of carbonyl (C=O) groups excluding carboxylic acids is 1. The number of amides is 1. The van der Waals surface area contributed by atoms with Crippen LogP contribution in [-0.4, -0.2) is 10.9 Å². The van der Waals surface area contributed by atoms with E-state index in [1.54, 1.807) is 18.3 Å². The molecule has 5 nitrogen and oxygen atoms in total. The molecule has 0 unspecified atom stereocenters. The molecule has 0 aliphatic carbocycles. The Hall–Kier alpha value is -3.22. The molecule has 0 bridgehead atoms. The molecule has 1 N–H and O–H groups in total. The van der Waals surface area contributed by atoms with Crippen LogP contribution in [0.1, 0.15) is 21.9 Å². The van der Waals surface area contributed by atoms with Gasteiger partial charge in [0, 0.05) is 12.3 Å². The Morgan fingerprint density at radius 3 is 2.80 bits per heavy atom. The number of hydrogen-bond donors (Lipinski definition) is 1. The zero-order valence-corrected chi connectivity index (χ0v) is 13.3. The highest BCUT2D eigenvalue weighted by Gasteiger charge is 2.13. The fourth-order valence-electron chi connectivity index (χ4n) is 2.10. The number of ether oxygens (including phenoxy) is 1. The van der Waals surface area contributed by atoms with Gasteiger partial charge >= 0.3 is 0 Å². The summed E-state index contributed by atoms with van der Waals surface area (Å²) in [5.74, 6) is -1.26. The second kappa shape index (κ2) is 7.12. The molecular weight excluding hydrogens is 330 g/mol. The van der Waals surface area contributed by atoms with E-state index in [1.165, 1.54) is 12.1 Å². The third kappa shape index (κ3) is 4.20. The van der Waals surface area contributed by atoms with Crippen molar-refractivity contribution >= 4 is 11.7 Å². The minimum absolute atomic E-state index is 0.0708. The molecule has 0 spiro atoms. The number of rotatable bonds is 5. The predicted molar refractivity (Wildman–Crippen MR) is 86.3 cm³/mol. The maximum atomic E-state index is 13.5. The van der Waals surface area contributed by atoms with Crippen molar-refractivity contribution in [3.8, 4) is 5.75 Å². The molecule has 0 atom stereocenters. The van der Waals surface area contributed by atoms with Crippen LogP contribution in [0.25, 0.3) is 0 Å². The molecule has 0 fully saturated rings. The van der Waals surface area contributed by atoms with Crippen molar-refractivity contribution in [2.24, 2.45) is 0 Å². The summed E-state index contributed by atoms with van der Waals surface area (Å²) >= 11 is 0. The van der Waals surface area contributed by atoms with Crippen LogP contribution in [0.5, 0.6) is 5.75 Å². The van der Waals surface area contributed by atoms with Gasteiger partial charge in [-0.2, -0.15) is 0 Å². The number of halogens is 2. The van der Waals surface area contributed by atoms with E-state index >= 15 is 0 Å². The average molecular weight is 344 g/mol. The van der Waals surface area contributed by atoms with Crippen LogP contribution < -0.4 is 10.1 Å². The van der Waals surface area contributed by atoms with Gasteiger partial charge in [-0.1, -0.05) is 0 Å². The molecule has 0 saturated carbocycles. The topological polar surface area (TPSA) is 64.4 Å². The number of aromatic nitrogens is 1. The second-order valence-electron chi connectivity index (χ2n) is 5.30. The molecule has 25 heavy (non-hydrogen) atoms. The first-order valence-electron chi connectivity index (χ1n) is 7.42. The Bertz CT molecular complexity index is 909. The first-order valence-corrected chi connectivity index (χ1v) is 7.42. The lowest BCUT2D eigenvalue weighted by Crippen LogP contribution is -2.12. The van der Waals surface area contributed by atoms with E-state index in [-0.39, 0.29) is 18.1 Å². The number of aryl methyl sites for hydroxylation is 1. The molecule has 7 heteroatoms. The van der Waals surface area contributed by atoms with E-state index < -0.39 is 17.5 Å². The number of anilines is 1. The number of nitrogens with one attached hydrogen (secondary N) is 1. The molecule has 3 aromatic rings. The number of benzene rings is 1. The molecule has 0 saturated heterocycles. The van der Waals surface area contributed by atoms with E-state index in [9.17, 15) is 13.6 Å². The van der Waals surface area contributed by atoms with E-state index in [0.717, 1.165) is 17.7 Å². The maximum absolute atomic E-state index is 13.5. The van der Waals surface area contributed by atoms with Crippen LogP contribution >= 0.6 is 0 Å². The van der Waals surface area contributed by atoms with E-state index in [1.807, 2.05) is 13.0 Å². The summed E-state index contributed by atoms with van der Waals surface area (Å²) in [6, 6.07) is 9.56. The Labute approximate surface area is 142 Å². The van der Waals surface area contributed by atoms with Crippen molar-refractivity contribution in [3.05, 3.63) is 77.4 Å². The van der Waals surface area contributed by atoms with Gasteiger partial charge < -0.3 is 14.5 Å². The van der Waals surface area contributed by atoms with E-state index in [0.29, 0.717) is 11.6 Å². The van der Waals surface area contributed by atoms with Crippen LogP contribution in [0.15, 0.2) is 53.1 Å². The zero-order valence-electron chi connectivity index (χ0n) is 13.3. The monoisotopic (exact) mass is 344 g/mol. The molecule has 0 aliphatic heterocycles. The van der Waals surface area contributed by atoms with Crippen LogP contribution in [0.4, 0.5) is 14.6 Å². The van der Waals surface area contributed by atoms with Crippen molar-refractivity contribution < 1.29 is 22.7 Å². The summed E-state index contributed by atoms with van der Waals surface area (Å²) in [6.07, 6.45) is 1.59. The number of furan rings is 1. The van der Waals surface area contributed by atoms with Crippen LogP contribution in [0.3, 0.4) is 0 Å². The number of carbonyl (C=O) groups is 1. The van der Waals surface area contributed by atoms with Gasteiger partial charge in [0.05, 0.1) is 0 Å². The Kier molecular flexibility index (Phi) is 4.74. The van der Waals surface area contributed by atoms with E-state index in [4.69, 9.17) is 9.15 Å². The molecule has 0 aliphatic rings. The van der Waals surface area contributed by atoms with Crippen molar-refractivity contribution in [1.29, 1.82) is 0 Å². The van der Waals surface area contributed by atoms with Crippen molar-refractivity contribution in [1.82, 2.24) is 4.98 Å². The van der Waals surface area contributed by atoms with Crippen molar-refractivity contribution in [2.45, 2.75) is 13.5 Å². The standard InChI is InChI=1S/C18H14F2N2O3/c1-11-6-7-21-17(8-11)22-18(23)16-5-3-13(25-16)10-24-15-4-2-12(19)9-14(15)20/h2-9H,10H2,1H3,(H,21,22,23). The largest absolute Gasteiger partial charge is 0.483 e. The highest BCUT2D eigenvalue weighted by molar-refractivity contribution is 6.01. The summed E-state index contributed by atoms with van der Waals surface area (Å²) in [5, 5.41) is 2.62.